The molecule has 1 saturated carbocycles. The fourth-order valence-corrected chi connectivity index (χ4v) is 2.85. The molecular formula is C18H24N2O3. The van der Waals surface area contributed by atoms with E-state index in [4.69, 9.17) is 0 Å². The van der Waals surface area contributed by atoms with Gasteiger partial charge in [0, 0.05) is 11.3 Å². The van der Waals surface area contributed by atoms with Crippen molar-refractivity contribution >= 4 is 17.6 Å². The smallest absolute Gasteiger partial charge is 0.329 e. The van der Waals surface area contributed by atoms with Crippen molar-refractivity contribution in [3.05, 3.63) is 35.4 Å². The highest BCUT2D eigenvalue weighted by Crippen LogP contribution is 2.28. The van der Waals surface area contributed by atoms with Gasteiger partial charge in [-0.05, 0) is 44.4 Å². The summed E-state index contributed by atoms with van der Waals surface area (Å²) in [6.45, 7) is 4.47. The van der Waals surface area contributed by atoms with Gasteiger partial charge >= 0.3 is 5.97 Å². The summed E-state index contributed by atoms with van der Waals surface area (Å²) in [5, 5.41) is 12.3. The van der Waals surface area contributed by atoms with Gasteiger partial charge in [-0.3, -0.25) is 9.79 Å². The van der Waals surface area contributed by atoms with Crippen LogP contribution in [0.2, 0.25) is 0 Å². The second-order valence-corrected chi connectivity index (χ2v) is 6.36. The summed E-state index contributed by atoms with van der Waals surface area (Å²) in [6.07, 6.45) is 3.68. The lowest BCUT2D eigenvalue weighted by Crippen LogP contribution is -2.55. The Bertz CT molecular complexity index is 595. The summed E-state index contributed by atoms with van der Waals surface area (Å²) in [7, 11) is 0. The third-order valence-corrected chi connectivity index (χ3v) is 4.26. The standard InChI is InChI=1S/C18H24N2O3/c1-13(2)19-12-14-6-8-15(9-7-14)16(21)20-18(17(22)23)10-4-3-5-11-18/h6-9H,3-5,10-12H2,1-2H3,(H,20,21)(H,22,23). The van der Waals surface area contributed by atoms with Crippen LogP contribution < -0.4 is 5.32 Å². The molecule has 0 saturated heterocycles. The quantitative estimate of drug-likeness (QED) is 0.819. The number of carboxylic acid groups (broad SMARTS) is 1. The number of aliphatic imine (C=N–C) groups is 1. The van der Waals surface area contributed by atoms with Gasteiger partial charge in [-0.15, -0.1) is 0 Å². The highest BCUT2D eigenvalue weighted by atomic mass is 16.4. The number of carboxylic acids is 1. The maximum absolute atomic E-state index is 12.4. The SMILES string of the molecule is CC(C)=NCc1ccc(C(=O)NC2(C(=O)O)CCCCC2)cc1. The van der Waals surface area contributed by atoms with Gasteiger partial charge in [-0.1, -0.05) is 31.4 Å². The normalized spacial score (nSPS) is 16.4. The molecule has 1 fully saturated rings. The molecule has 2 N–H and O–H groups in total. The predicted molar refractivity (Wildman–Crippen MR) is 89.8 cm³/mol. The topological polar surface area (TPSA) is 78.8 Å². The molecule has 1 aromatic carbocycles. The van der Waals surface area contributed by atoms with Crippen molar-refractivity contribution in [3.8, 4) is 0 Å². The summed E-state index contributed by atoms with van der Waals surface area (Å²) >= 11 is 0. The minimum Gasteiger partial charge on any atom is -0.480 e. The van der Waals surface area contributed by atoms with E-state index < -0.39 is 11.5 Å². The van der Waals surface area contributed by atoms with Crippen molar-refractivity contribution in [2.75, 3.05) is 0 Å². The second-order valence-electron chi connectivity index (χ2n) is 6.36. The number of amides is 1. The monoisotopic (exact) mass is 316 g/mol. The van der Waals surface area contributed by atoms with Crippen LogP contribution in [0.3, 0.4) is 0 Å². The number of carbonyl (C=O) groups excluding carboxylic acids is 1. The van der Waals surface area contributed by atoms with Crippen molar-refractivity contribution < 1.29 is 14.7 Å². The number of aliphatic carboxylic acids is 1. The fraction of sp³-hybridized carbons (Fsp3) is 0.500. The Morgan fingerprint density at radius 3 is 2.26 bits per heavy atom. The second kappa shape index (κ2) is 7.40. The molecule has 1 amide bonds. The van der Waals surface area contributed by atoms with Gasteiger partial charge in [0.05, 0.1) is 6.54 Å². The zero-order valence-electron chi connectivity index (χ0n) is 13.8. The van der Waals surface area contributed by atoms with Crippen LogP contribution in [0.4, 0.5) is 0 Å². The van der Waals surface area contributed by atoms with Gasteiger partial charge in [-0.25, -0.2) is 4.79 Å². The lowest BCUT2D eigenvalue weighted by Gasteiger charge is -2.34. The van der Waals surface area contributed by atoms with Gasteiger partial charge < -0.3 is 10.4 Å². The van der Waals surface area contributed by atoms with Crippen LogP contribution in [0.15, 0.2) is 29.3 Å². The average Bonchev–Trinajstić information content (AvgIpc) is 2.54. The van der Waals surface area contributed by atoms with Crippen LogP contribution in [0.25, 0.3) is 0 Å². The molecule has 0 aliphatic heterocycles. The third-order valence-electron chi connectivity index (χ3n) is 4.26. The number of benzene rings is 1. The van der Waals surface area contributed by atoms with Gasteiger partial charge in [0.15, 0.2) is 0 Å². The maximum Gasteiger partial charge on any atom is 0.329 e. The zero-order valence-corrected chi connectivity index (χ0v) is 13.8. The lowest BCUT2D eigenvalue weighted by molar-refractivity contribution is -0.145. The molecule has 1 aliphatic rings. The number of hydrogen-bond donors (Lipinski definition) is 2. The van der Waals surface area contributed by atoms with Gasteiger partial charge in [0.2, 0.25) is 0 Å². The highest BCUT2D eigenvalue weighted by Gasteiger charge is 2.41. The molecule has 1 aromatic rings. The molecule has 124 valence electrons. The van der Waals surface area contributed by atoms with E-state index in [0.29, 0.717) is 24.9 Å². The third kappa shape index (κ3) is 4.41. The van der Waals surface area contributed by atoms with Crippen LogP contribution in [0, 0.1) is 0 Å². The Kier molecular flexibility index (Phi) is 5.53. The first-order valence-corrected chi connectivity index (χ1v) is 8.05. The van der Waals surface area contributed by atoms with Crippen molar-refractivity contribution in [3.63, 3.8) is 0 Å². The number of nitrogens with zero attached hydrogens (tertiary/aromatic N) is 1. The Morgan fingerprint density at radius 2 is 1.74 bits per heavy atom. The Hall–Kier alpha value is -2.17. The Labute approximate surface area is 136 Å². The summed E-state index contributed by atoms with van der Waals surface area (Å²) < 4.78 is 0. The van der Waals surface area contributed by atoms with E-state index in [1.165, 1.54) is 0 Å². The van der Waals surface area contributed by atoms with Crippen LogP contribution in [0.1, 0.15) is 61.9 Å². The summed E-state index contributed by atoms with van der Waals surface area (Å²) in [5.41, 5.74) is 1.40. The van der Waals surface area contributed by atoms with Crippen LogP contribution in [-0.4, -0.2) is 28.2 Å². The molecule has 2 rings (SSSR count). The molecule has 0 radical (unpaired) electrons. The molecule has 23 heavy (non-hydrogen) atoms. The first kappa shape index (κ1) is 17.2. The molecule has 0 aromatic heterocycles. The first-order valence-electron chi connectivity index (χ1n) is 8.05. The fourth-order valence-electron chi connectivity index (χ4n) is 2.85. The van der Waals surface area contributed by atoms with Crippen molar-refractivity contribution in [2.24, 2.45) is 4.99 Å². The van der Waals surface area contributed by atoms with Crippen molar-refractivity contribution in [2.45, 2.75) is 58.0 Å². The molecule has 1 aliphatic carbocycles. The molecule has 0 heterocycles. The van der Waals surface area contributed by atoms with E-state index in [-0.39, 0.29) is 5.91 Å². The van der Waals surface area contributed by atoms with E-state index in [1.54, 1.807) is 12.1 Å². The van der Waals surface area contributed by atoms with Crippen LogP contribution >= 0.6 is 0 Å². The van der Waals surface area contributed by atoms with Crippen molar-refractivity contribution in [1.29, 1.82) is 0 Å². The minimum atomic E-state index is -1.11. The zero-order chi connectivity index (χ0) is 16.9. The van der Waals surface area contributed by atoms with Crippen LogP contribution in [0.5, 0.6) is 0 Å². The average molecular weight is 316 g/mol. The molecule has 0 bridgehead atoms. The summed E-state index contributed by atoms with van der Waals surface area (Å²) in [4.78, 5) is 28.4. The molecule has 5 nitrogen and oxygen atoms in total. The molecule has 0 unspecified atom stereocenters. The largest absolute Gasteiger partial charge is 0.480 e. The lowest BCUT2D eigenvalue weighted by atomic mass is 9.81. The summed E-state index contributed by atoms with van der Waals surface area (Å²) in [5.74, 6) is -1.26. The number of nitrogens with one attached hydrogen (secondary N) is 1. The highest BCUT2D eigenvalue weighted by molar-refractivity contribution is 5.97. The molecule has 0 spiro atoms. The first-order chi connectivity index (χ1) is 10.9. The van der Waals surface area contributed by atoms with Gasteiger partial charge in [0.1, 0.15) is 5.54 Å². The van der Waals surface area contributed by atoms with Crippen molar-refractivity contribution in [1.82, 2.24) is 5.32 Å². The van der Waals surface area contributed by atoms with Gasteiger partial charge in [-0.2, -0.15) is 0 Å². The molecule has 0 atom stereocenters. The van der Waals surface area contributed by atoms with E-state index >= 15 is 0 Å². The number of hydrogen-bond acceptors (Lipinski definition) is 3. The van der Waals surface area contributed by atoms with Gasteiger partial charge in [0.25, 0.3) is 5.91 Å². The molecule has 5 heteroatoms. The number of carbonyl (C=O) groups is 2. The molecular weight excluding hydrogens is 292 g/mol. The van der Waals surface area contributed by atoms with Crippen LogP contribution in [-0.2, 0) is 11.3 Å². The van der Waals surface area contributed by atoms with E-state index in [9.17, 15) is 14.7 Å². The predicted octanol–water partition coefficient (Wildman–Crippen LogP) is 3.18. The van der Waals surface area contributed by atoms with E-state index in [1.807, 2.05) is 26.0 Å². The maximum atomic E-state index is 12.4. The summed E-state index contributed by atoms with van der Waals surface area (Å²) in [6, 6.07) is 7.17. The van der Waals surface area contributed by atoms with E-state index in [0.717, 1.165) is 30.5 Å². The Morgan fingerprint density at radius 1 is 1.13 bits per heavy atom. The minimum absolute atomic E-state index is 0.323. The Balaban J connectivity index is 2.07. The number of rotatable bonds is 5. The van der Waals surface area contributed by atoms with E-state index in [2.05, 4.69) is 10.3 Å².